The number of rotatable bonds is 4. The molecule has 4 nitrogen and oxygen atoms in total. The van der Waals surface area contributed by atoms with Gasteiger partial charge in [-0.25, -0.2) is 0 Å². The lowest BCUT2D eigenvalue weighted by molar-refractivity contribution is -0.937. The predicted molar refractivity (Wildman–Crippen MR) is 81.0 cm³/mol. The molecule has 1 aliphatic heterocycles. The second-order valence-corrected chi connectivity index (χ2v) is 7.28. The third-order valence-electron chi connectivity index (χ3n) is 3.66. The average molecular weight is 297 g/mol. The van der Waals surface area contributed by atoms with E-state index in [-0.39, 0.29) is 11.3 Å². The van der Waals surface area contributed by atoms with Crippen molar-refractivity contribution >= 4 is 17.2 Å². The van der Waals surface area contributed by atoms with E-state index in [9.17, 15) is 4.79 Å². The Morgan fingerprint density at radius 1 is 1.45 bits per heavy atom. The van der Waals surface area contributed by atoms with Crippen molar-refractivity contribution in [3.63, 3.8) is 0 Å². The van der Waals surface area contributed by atoms with Gasteiger partial charge >= 0.3 is 0 Å². The van der Waals surface area contributed by atoms with Gasteiger partial charge in [0.15, 0.2) is 0 Å². The molecule has 1 saturated heterocycles. The molecule has 0 aromatic carbocycles. The van der Waals surface area contributed by atoms with Crippen LogP contribution in [0, 0.1) is 5.41 Å². The van der Waals surface area contributed by atoms with E-state index in [4.69, 9.17) is 4.74 Å². The number of amides is 1. The summed E-state index contributed by atoms with van der Waals surface area (Å²) in [7, 11) is 0. The molecule has 2 heterocycles. The molecular formula is C15H25N2O2S+. The van der Waals surface area contributed by atoms with E-state index in [1.54, 1.807) is 11.3 Å². The van der Waals surface area contributed by atoms with Crippen LogP contribution in [0.5, 0.6) is 0 Å². The van der Waals surface area contributed by atoms with Crippen LogP contribution in [0.25, 0.3) is 0 Å². The summed E-state index contributed by atoms with van der Waals surface area (Å²) in [5.74, 6) is 0.117. The Labute approximate surface area is 125 Å². The Kier molecular flexibility index (Phi) is 5.18. The number of hydrogen-bond donors (Lipinski definition) is 2. The molecule has 1 fully saturated rings. The highest BCUT2D eigenvalue weighted by Crippen LogP contribution is 2.17. The van der Waals surface area contributed by atoms with Crippen LogP contribution in [0.4, 0.5) is 0 Å². The van der Waals surface area contributed by atoms with E-state index in [0.717, 1.165) is 26.3 Å². The number of hydrogen-bond acceptors (Lipinski definition) is 3. The van der Waals surface area contributed by atoms with Crippen LogP contribution in [0.3, 0.4) is 0 Å². The first-order chi connectivity index (χ1) is 9.48. The van der Waals surface area contributed by atoms with Gasteiger partial charge in [0, 0.05) is 5.41 Å². The zero-order chi connectivity index (χ0) is 14.6. The lowest BCUT2D eigenvalue weighted by Crippen LogP contribution is -3.15. The van der Waals surface area contributed by atoms with E-state index in [0.29, 0.717) is 12.6 Å². The number of ether oxygens (including phenoxy) is 1. The largest absolute Gasteiger partial charge is 0.370 e. The molecule has 0 radical (unpaired) electrons. The molecular weight excluding hydrogens is 272 g/mol. The average Bonchev–Trinajstić information content (AvgIpc) is 2.93. The van der Waals surface area contributed by atoms with Crippen molar-refractivity contribution in [2.45, 2.75) is 26.8 Å². The SMILES string of the molecule is CC(C)(C)C(=O)NC[C@H](c1cccs1)[NH+]1CCOCC1. The summed E-state index contributed by atoms with van der Waals surface area (Å²) in [5.41, 5.74) is -0.333. The number of nitrogens with one attached hydrogen (secondary N) is 2. The van der Waals surface area contributed by atoms with Gasteiger partial charge in [-0.2, -0.15) is 0 Å². The molecule has 1 amide bonds. The van der Waals surface area contributed by atoms with Crippen molar-refractivity contribution in [1.29, 1.82) is 0 Å². The third kappa shape index (κ3) is 4.04. The highest BCUT2D eigenvalue weighted by atomic mass is 32.1. The van der Waals surface area contributed by atoms with Crippen LogP contribution >= 0.6 is 11.3 Å². The smallest absolute Gasteiger partial charge is 0.225 e. The number of carbonyl (C=O) groups excluding carboxylic acids is 1. The van der Waals surface area contributed by atoms with Crippen LogP contribution in [0.15, 0.2) is 17.5 Å². The lowest BCUT2D eigenvalue weighted by Gasteiger charge is -2.31. The maximum Gasteiger partial charge on any atom is 0.225 e. The highest BCUT2D eigenvalue weighted by molar-refractivity contribution is 7.10. The fourth-order valence-corrected chi connectivity index (χ4v) is 3.26. The second-order valence-electron chi connectivity index (χ2n) is 6.30. The standard InChI is InChI=1S/C15H24N2O2S/c1-15(2,3)14(18)16-11-12(13-5-4-10-20-13)17-6-8-19-9-7-17/h4-5,10,12H,6-9,11H2,1-3H3,(H,16,18)/p+1/t12-/m1/s1. The zero-order valence-electron chi connectivity index (χ0n) is 12.6. The molecule has 0 saturated carbocycles. The van der Waals surface area contributed by atoms with Crippen molar-refractivity contribution in [1.82, 2.24) is 5.32 Å². The number of morpholine rings is 1. The Balaban J connectivity index is 2.02. The molecule has 20 heavy (non-hydrogen) atoms. The van der Waals surface area contributed by atoms with Gasteiger partial charge in [-0.15, -0.1) is 11.3 Å². The molecule has 0 aliphatic carbocycles. The normalized spacial score (nSPS) is 18.8. The first-order valence-corrected chi connectivity index (χ1v) is 8.10. The molecule has 2 N–H and O–H groups in total. The first kappa shape index (κ1) is 15.5. The van der Waals surface area contributed by atoms with Gasteiger partial charge in [0.1, 0.15) is 19.1 Å². The highest BCUT2D eigenvalue weighted by Gasteiger charge is 2.29. The summed E-state index contributed by atoms with van der Waals surface area (Å²) in [5, 5.41) is 5.22. The van der Waals surface area contributed by atoms with E-state index in [2.05, 4.69) is 22.8 Å². The van der Waals surface area contributed by atoms with E-state index in [1.807, 2.05) is 20.8 Å². The minimum absolute atomic E-state index is 0.117. The van der Waals surface area contributed by atoms with Crippen molar-refractivity contribution in [2.24, 2.45) is 5.41 Å². The summed E-state index contributed by atoms with van der Waals surface area (Å²) in [6, 6.07) is 4.59. The maximum absolute atomic E-state index is 12.1. The van der Waals surface area contributed by atoms with Gasteiger partial charge in [-0.1, -0.05) is 26.8 Å². The Bertz CT molecular complexity index is 420. The van der Waals surface area contributed by atoms with Crippen LogP contribution in [0.1, 0.15) is 31.7 Å². The molecule has 112 valence electrons. The minimum Gasteiger partial charge on any atom is -0.370 e. The van der Waals surface area contributed by atoms with Gasteiger partial charge in [-0.3, -0.25) is 4.79 Å². The van der Waals surface area contributed by atoms with E-state index >= 15 is 0 Å². The Morgan fingerprint density at radius 3 is 2.70 bits per heavy atom. The quantitative estimate of drug-likeness (QED) is 0.866. The number of quaternary nitrogens is 1. The maximum atomic E-state index is 12.1. The minimum atomic E-state index is -0.333. The van der Waals surface area contributed by atoms with Gasteiger partial charge in [0.2, 0.25) is 5.91 Å². The van der Waals surface area contributed by atoms with Crippen LogP contribution in [-0.4, -0.2) is 38.8 Å². The predicted octanol–water partition coefficient (Wildman–Crippen LogP) is 0.867. The first-order valence-electron chi connectivity index (χ1n) is 7.22. The monoisotopic (exact) mass is 297 g/mol. The van der Waals surface area contributed by atoms with Crippen molar-refractivity contribution in [3.8, 4) is 0 Å². The van der Waals surface area contributed by atoms with Crippen LogP contribution < -0.4 is 10.2 Å². The molecule has 0 spiro atoms. The number of thiophene rings is 1. The van der Waals surface area contributed by atoms with Crippen LogP contribution in [-0.2, 0) is 9.53 Å². The van der Waals surface area contributed by atoms with E-state index in [1.165, 1.54) is 9.78 Å². The Morgan fingerprint density at radius 2 is 2.15 bits per heavy atom. The van der Waals surface area contributed by atoms with E-state index < -0.39 is 0 Å². The summed E-state index contributed by atoms with van der Waals surface area (Å²) in [6.45, 7) is 10.2. The summed E-state index contributed by atoms with van der Waals surface area (Å²) >= 11 is 1.77. The molecule has 2 rings (SSSR count). The third-order valence-corrected chi connectivity index (χ3v) is 4.65. The second kappa shape index (κ2) is 6.70. The van der Waals surface area contributed by atoms with Crippen molar-refractivity contribution < 1.29 is 14.4 Å². The molecule has 1 aromatic rings. The topological polar surface area (TPSA) is 42.8 Å². The van der Waals surface area contributed by atoms with Crippen molar-refractivity contribution in [3.05, 3.63) is 22.4 Å². The van der Waals surface area contributed by atoms with Crippen molar-refractivity contribution in [2.75, 3.05) is 32.8 Å². The molecule has 5 heteroatoms. The van der Waals surface area contributed by atoms with Crippen LogP contribution in [0.2, 0.25) is 0 Å². The lowest BCUT2D eigenvalue weighted by atomic mass is 9.95. The fourth-order valence-electron chi connectivity index (χ4n) is 2.38. The molecule has 1 atom stereocenters. The molecule has 0 unspecified atom stereocenters. The fraction of sp³-hybridized carbons (Fsp3) is 0.667. The van der Waals surface area contributed by atoms with Gasteiger partial charge in [-0.05, 0) is 11.4 Å². The molecule has 1 aromatic heterocycles. The van der Waals surface area contributed by atoms with Gasteiger partial charge in [0.25, 0.3) is 0 Å². The van der Waals surface area contributed by atoms with Gasteiger partial charge in [0.05, 0.1) is 24.6 Å². The summed E-state index contributed by atoms with van der Waals surface area (Å²) in [6.07, 6.45) is 0. The molecule has 0 bridgehead atoms. The molecule has 1 aliphatic rings. The zero-order valence-corrected chi connectivity index (χ0v) is 13.4. The summed E-state index contributed by atoms with van der Waals surface area (Å²) < 4.78 is 5.44. The summed E-state index contributed by atoms with van der Waals surface area (Å²) in [4.78, 5) is 14.9. The number of carbonyl (C=O) groups is 1. The van der Waals surface area contributed by atoms with Gasteiger partial charge < -0.3 is 15.0 Å². The Hall–Kier alpha value is -0.910.